The lowest BCUT2D eigenvalue weighted by Crippen LogP contribution is -2.52. The van der Waals surface area contributed by atoms with Gasteiger partial charge in [0.2, 0.25) is 0 Å². The van der Waals surface area contributed by atoms with Gasteiger partial charge in [-0.25, -0.2) is 5.48 Å². The average Bonchev–Trinajstić information content (AvgIpc) is 2.77. The van der Waals surface area contributed by atoms with Crippen molar-refractivity contribution in [2.45, 2.75) is 118 Å². The minimum Gasteiger partial charge on any atom is -0.389 e. The fourth-order valence-corrected chi connectivity index (χ4v) is 4.35. The minimum absolute atomic E-state index is 0.0958. The maximum atomic E-state index is 12.0. The zero-order chi connectivity index (χ0) is 25.9. The normalized spacial score (nSPS) is 29.0. The van der Waals surface area contributed by atoms with Gasteiger partial charge in [-0.05, 0) is 51.9 Å². The topological polar surface area (TPSA) is 88.0 Å². The van der Waals surface area contributed by atoms with E-state index in [1.807, 2.05) is 19.1 Å². The van der Waals surface area contributed by atoms with Crippen molar-refractivity contribution >= 4 is 5.91 Å². The summed E-state index contributed by atoms with van der Waals surface area (Å²) in [5, 5.41) is 20.3. The highest BCUT2D eigenvalue weighted by Gasteiger charge is 2.45. The second-order valence-corrected chi connectivity index (χ2v) is 10.6. The van der Waals surface area contributed by atoms with E-state index < -0.39 is 12.2 Å². The third kappa shape index (κ3) is 10.0. The Labute approximate surface area is 207 Å². The molecule has 0 aromatic rings. The second kappa shape index (κ2) is 14.8. The molecular formula is C28H49NO5. The van der Waals surface area contributed by atoms with Gasteiger partial charge in [0.25, 0.3) is 5.91 Å². The Hall–Kier alpha value is -1.47. The van der Waals surface area contributed by atoms with Gasteiger partial charge in [0.1, 0.15) is 6.10 Å². The van der Waals surface area contributed by atoms with Crippen LogP contribution in [0, 0.1) is 17.3 Å². The van der Waals surface area contributed by atoms with Crippen molar-refractivity contribution in [1.82, 2.24) is 5.48 Å². The lowest BCUT2D eigenvalue weighted by Gasteiger charge is -2.47. The van der Waals surface area contributed by atoms with E-state index in [0.29, 0.717) is 12.3 Å². The number of hydrogen-bond acceptors (Lipinski definition) is 5. The Morgan fingerprint density at radius 2 is 1.94 bits per heavy atom. The van der Waals surface area contributed by atoms with Crippen LogP contribution in [-0.4, -0.2) is 46.6 Å². The van der Waals surface area contributed by atoms with Gasteiger partial charge in [0.05, 0.1) is 24.4 Å². The molecule has 0 saturated carbocycles. The van der Waals surface area contributed by atoms with Crippen LogP contribution in [-0.2, 0) is 14.4 Å². The number of nitrogens with one attached hydrogen (secondary N) is 1. The number of allylic oxidation sites excluding steroid dienone is 2. The van der Waals surface area contributed by atoms with E-state index in [-0.39, 0.29) is 35.6 Å². The second-order valence-electron chi connectivity index (χ2n) is 10.6. The molecule has 6 heteroatoms. The van der Waals surface area contributed by atoms with Crippen LogP contribution in [0.2, 0.25) is 0 Å². The van der Waals surface area contributed by atoms with Crippen molar-refractivity contribution < 1.29 is 24.6 Å². The van der Waals surface area contributed by atoms with Crippen LogP contribution < -0.4 is 5.48 Å². The fraction of sp³-hybridized carbons (Fsp3) is 0.750. The molecule has 0 aliphatic carbocycles. The summed E-state index contributed by atoms with van der Waals surface area (Å²) in [6.07, 6.45) is 11.8. The largest absolute Gasteiger partial charge is 0.389 e. The van der Waals surface area contributed by atoms with Gasteiger partial charge in [-0.3, -0.25) is 9.63 Å². The molecule has 1 heterocycles. The number of carbonyl (C=O) groups is 1. The highest BCUT2D eigenvalue weighted by atomic mass is 16.7. The quantitative estimate of drug-likeness (QED) is 0.191. The Morgan fingerprint density at radius 3 is 2.53 bits per heavy atom. The molecule has 6 nitrogen and oxygen atoms in total. The smallest absolute Gasteiger partial charge is 0.267 e. The molecule has 0 spiro atoms. The number of amides is 1. The molecule has 7 atom stereocenters. The summed E-state index contributed by atoms with van der Waals surface area (Å²) in [7, 11) is 0. The number of carbonyl (C=O) groups excluding carboxylic acids is 1. The van der Waals surface area contributed by atoms with Crippen molar-refractivity contribution in [2.24, 2.45) is 17.3 Å². The van der Waals surface area contributed by atoms with Crippen LogP contribution >= 0.6 is 0 Å². The predicted molar refractivity (Wildman–Crippen MR) is 138 cm³/mol. The Bertz CT molecular complexity index is 699. The van der Waals surface area contributed by atoms with Gasteiger partial charge >= 0.3 is 0 Å². The van der Waals surface area contributed by atoms with Crippen LogP contribution in [0.4, 0.5) is 0 Å². The maximum absolute atomic E-state index is 12.0. The predicted octanol–water partition coefficient (Wildman–Crippen LogP) is 5.26. The van der Waals surface area contributed by atoms with Gasteiger partial charge < -0.3 is 14.9 Å². The lowest BCUT2D eigenvalue weighted by atomic mass is 9.67. The monoisotopic (exact) mass is 479 g/mol. The number of unbranched alkanes of at least 4 members (excludes halogenated alkanes) is 1. The van der Waals surface area contributed by atoms with E-state index in [0.717, 1.165) is 31.3 Å². The molecule has 196 valence electrons. The van der Waals surface area contributed by atoms with Gasteiger partial charge in [-0.2, -0.15) is 0 Å². The average molecular weight is 480 g/mol. The molecular weight excluding hydrogens is 430 g/mol. The number of aliphatic hydroxyl groups is 2. The molecule has 1 amide bonds. The van der Waals surface area contributed by atoms with E-state index in [1.54, 1.807) is 6.92 Å². The molecule has 5 unspecified atom stereocenters. The lowest BCUT2D eigenvalue weighted by molar-refractivity contribution is -0.168. The molecule has 1 saturated heterocycles. The van der Waals surface area contributed by atoms with Crippen LogP contribution in [0.25, 0.3) is 0 Å². The zero-order valence-corrected chi connectivity index (χ0v) is 22.6. The summed E-state index contributed by atoms with van der Waals surface area (Å²) < 4.78 is 6.05. The Morgan fingerprint density at radius 1 is 1.26 bits per heavy atom. The van der Waals surface area contributed by atoms with Crippen molar-refractivity contribution in [2.75, 3.05) is 0 Å². The summed E-state index contributed by atoms with van der Waals surface area (Å²) in [6, 6.07) is 0. The van der Waals surface area contributed by atoms with Crippen molar-refractivity contribution in [1.29, 1.82) is 0 Å². The summed E-state index contributed by atoms with van der Waals surface area (Å²) in [5.74, 6) is 0.236. The summed E-state index contributed by atoms with van der Waals surface area (Å²) in [6.45, 7) is 16.4. The molecule has 1 aliphatic heterocycles. The first-order valence-electron chi connectivity index (χ1n) is 12.9. The molecule has 0 bridgehead atoms. The molecule has 0 aromatic heterocycles. The Balaban J connectivity index is 2.83. The number of rotatable bonds is 13. The number of aliphatic hydroxyl groups excluding tert-OH is 2. The van der Waals surface area contributed by atoms with E-state index in [4.69, 9.17) is 9.57 Å². The molecule has 34 heavy (non-hydrogen) atoms. The van der Waals surface area contributed by atoms with E-state index in [9.17, 15) is 15.0 Å². The third-order valence-electron chi connectivity index (χ3n) is 7.13. The van der Waals surface area contributed by atoms with Gasteiger partial charge in [-0.15, -0.1) is 0 Å². The molecule has 3 N–H and O–H groups in total. The first-order valence-corrected chi connectivity index (χ1v) is 12.9. The zero-order valence-electron chi connectivity index (χ0n) is 22.6. The van der Waals surface area contributed by atoms with Gasteiger partial charge in [-0.1, -0.05) is 77.3 Å². The SMILES string of the molecule is CCCCC(C)C(C/C=C(C)/C=C/C1O[C@H](C)CC(C)(C(C)C)[C@@H]1O)ONC(=O)/C=C\C(C)O. The highest BCUT2D eigenvalue weighted by molar-refractivity contribution is 5.86. The van der Waals surface area contributed by atoms with Crippen molar-refractivity contribution in [3.63, 3.8) is 0 Å². The standard InChI is InChI=1S/C28H49NO5/c1-9-10-11-21(5)24(34-29-26(31)17-14-22(6)30)15-12-20(4)13-16-25-27(32)28(8,19(2)3)18-23(7)33-25/h12-14,16-17,19,21-25,27,30,32H,9-11,15,18H2,1-8H3,(H,29,31)/b16-13+,17-14-,20-12+/t21?,22?,23-,24?,25?,27-,28?/m1/s1. The first-order chi connectivity index (χ1) is 15.9. The molecule has 0 aromatic carbocycles. The summed E-state index contributed by atoms with van der Waals surface area (Å²) in [5.41, 5.74) is 3.37. The van der Waals surface area contributed by atoms with Crippen molar-refractivity contribution in [3.05, 3.63) is 36.0 Å². The van der Waals surface area contributed by atoms with Gasteiger partial charge in [0.15, 0.2) is 0 Å². The van der Waals surface area contributed by atoms with Crippen LogP contribution in [0.3, 0.4) is 0 Å². The maximum Gasteiger partial charge on any atom is 0.267 e. The Kier molecular flexibility index (Phi) is 13.3. The molecule has 0 radical (unpaired) electrons. The van der Waals surface area contributed by atoms with E-state index >= 15 is 0 Å². The summed E-state index contributed by atoms with van der Waals surface area (Å²) in [4.78, 5) is 17.7. The molecule has 1 fully saturated rings. The van der Waals surface area contributed by atoms with Crippen LogP contribution in [0.15, 0.2) is 36.0 Å². The number of hydroxylamine groups is 1. The number of ether oxygens (including phenoxy) is 1. The fourth-order valence-electron chi connectivity index (χ4n) is 4.35. The van der Waals surface area contributed by atoms with E-state index in [1.165, 1.54) is 12.2 Å². The highest BCUT2D eigenvalue weighted by Crippen LogP contribution is 2.42. The molecule has 1 aliphatic rings. The van der Waals surface area contributed by atoms with Crippen molar-refractivity contribution in [3.8, 4) is 0 Å². The van der Waals surface area contributed by atoms with Crippen LogP contribution in [0.1, 0.15) is 87.5 Å². The van der Waals surface area contributed by atoms with E-state index in [2.05, 4.69) is 53.1 Å². The number of hydrogen-bond donors (Lipinski definition) is 3. The summed E-state index contributed by atoms with van der Waals surface area (Å²) >= 11 is 0. The molecule has 1 rings (SSSR count). The third-order valence-corrected chi connectivity index (χ3v) is 7.13. The first kappa shape index (κ1) is 30.6. The van der Waals surface area contributed by atoms with Gasteiger partial charge in [0, 0.05) is 11.5 Å². The minimum atomic E-state index is -0.685. The van der Waals surface area contributed by atoms with Crippen LogP contribution in [0.5, 0.6) is 0 Å².